The van der Waals surface area contributed by atoms with Crippen molar-refractivity contribution in [3.8, 4) is 5.75 Å². The van der Waals surface area contributed by atoms with Gasteiger partial charge in [0.25, 0.3) is 0 Å². The van der Waals surface area contributed by atoms with Crippen LogP contribution < -0.4 is 4.74 Å². The average Bonchev–Trinajstić information content (AvgIpc) is 2.68. The SMILES string of the molecule is COc1ccccc1C(Br)c1cc(Br)c(C)s1. The Morgan fingerprint density at radius 2 is 2.00 bits per heavy atom. The molecule has 0 aliphatic heterocycles. The molecule has 0 N–H and O–H groups in total. The van der Waals surface area contributed by atoms with Crippen LogP contribution in [0, 0.1) is 6.92 Å². The van der Waals surface area contributed by atoms with Gasteiger partial charge in [-0.15, -0.1) is 11.3 Å². The van der Waals surface area contributed by atoms with Crippen molar-refractivity contribution >= 4 is 43.2 Å². The van der Waals surface area contributed by atoms with Gasteiger partial charge in [-0.2, -0.15) is 0 Å². The second-order valence-corrected chi connectivity index (χ2v) is 6.72. The Kier molecular flexibility index (Phi) is 4.28. The van der Waals surface area contributed by atoms with Gasteiger partial charge in [-0.3, -0.25) is 0 Å². The van der Waals surface area contributed by atoms with Crippen LogP contribution in [0.1, 0.15) is 20.1 Å². The largest absolute Gasteiger partial charge is 0.496 e. The highest BCUT2D eigenvalue weighted by Crippen LogP contribution is 2.41. The molecule has 0 radical (unpaired) electrons. The molecule has 1 aromatic carbocycles. The number of methoxy groups -OCH3 is 1. The molecular weight excluding hydrogens is 364 g/mol. The van der Waals surface area contributed by atoms with Gasteiger partial charge in [-0.25, -0.2) is 0 Å². The molecule has 1 aromatic heterocycles. The highest BCUT2D eigenvalue weighted by molar-refractivity contribution is 9.10. The van der Waals surface area contributed by atoms with Crippen molar-refractivity contribution in [2.24, 2.45) is 0 Å². The van der Waals surface area contributed by atoms with Gasteiger partial charge in [0.2, 0.25) is 0 Å². The molecule has 1 heterocycles. The quantitative estimate of drug-likeness (QED) is 0.660. The van der Waals surface area contributed by atoms with Gasteiger partial charge < -0.3 is 4.74 Å². The zero-order valence-corrected chi connectivity index (χ0v) is 13.5. The number of thiophene rings is 1. The van der Waals surface area contributed by atoms with E-state index in [0.717, 1.165) is 15.8 Å². The fourth-order valence-corrected chi connectivity index (χ4v) is 3.98. The molecule has 0 saturated carbocycles. The first-order valence-electron chi connectivity index (χ1n) is 5.16. The lowest BCUT2D eigenvalue weighted by Gasteiger charge is -2.12. The number of rotatable bonds is 3. The molecule has 4 heteroatoms. The van der Waals surface area contributed by atoms with E-state index in [4.69, 9.17) is 4.74 Å². The first kappa shape index (κ1) is 13.1. The molecule has 0 spiro atoms. The van der Waals surface area contributed by atoms with Crippen LogP contribution in [0.15, 0.2) is 34.8 Å². The van der Waals surface area contributed by atoms with Crippen molar-refractivity contribution in [3.05, 3.63) is 50.1 Å². The first-order valence-corrected chi connectivity index (χ1v) is 7.69. The number of para-hydroxylation sites is 1. The summed E-state index contributed by atoms with van der Waals surface area (Å²) >= 11 is 9.08. The third-order valence-electron chi connectivity index (χ3n) is 2.54. The van der Waals surface area contributed by atoms with E-state index >= 15 is 0 Å². The third kappa shape index (κ3) is 2.75. The lowest BCUT2D eigenvalue weighted by Crippen LogP contribution is -1.94. The number of benzene rings is 1. The van der Waals surface area contributed by atoms with E-state index < -0.39 is 0 Å². The van der Waals surface area contributed by atoms with Crippen LogP contribution in [0.2, 0.25) is 0 Å². The molecule has 1 atom stereocenters. The summed E-state index contributed by atoms with van der Waals surface area (Å²) in [6, 6.07) is 10.2. The highest BCUT2D eigenvalue weighted by Gasteiger charge is 2.17. The number of hydrogen-bond acceptors (Lipinski definition) is 2. The normalized spacial score (nSPS) is 12.5. The van der Waals surface area contributed by atoms with E-state index in [1.165, 1.54) is 9.75 Å². The van der Waals surface area contributed by atoms with Crippen LogP contribution in [0.25, 0.3) is 0 Å². The fourth-order valence-electron chi connectivity index (χ4n) is 1.64. The zero-order chi connectivity index (χ0) is 12.4. The number of ether oxygens (including phenoxy) is 1. The van der Waals surface area contributed by atoms with Crippen LogP contribution >= 0.6 is 43.2 Å². The topological polar surface area (TPSA) is 9.23 Å². The Morgan fingerprint density at radius 1 is 1.29 bits per heavy atom. The minimum Gasteiger partial charge on any atom is -0.496 e. The maximum absolute atomic E-state index is 5.39. The molecule has 0 saturated heterocycles. The fraction of sp³-hybridized carbons (Fsp3) is 0.231. The smallest absolute Gasteiger partial charge is 0.123 e. The Morgan fingerprint density at radius 3 is 2.59 bits per heavy atom. The summed E-state index contributed by atoms with van der Waals surface area (Å²) in [7, 11) is 1.70. The molecule has 2 aromatic rings. The number of aryl methyl sites for hydroxylation is 1. The highest BCUT2D eigenvalue weighted by atomic mass is 79.9. The second kappa shape index (κ2) is 5.55. The van der Waals surface area contributed by atoms with Gasteiger partial charge in [0, 0.05) is 19.8 Å². The minimum absolute atomic E-state index is 0.175. The van der Waals surface area contributed by atoms with Crippen molar-refractivity contribution in [2.75, 3.05) is 7.11 Å². The Bertz CT molecular complexity index is 502. The second-order valence-electron chi connectivity index (χ2n) is 3.66. The predicted molar refractivity (Wildman–Crippen MR) is 80.5 cm³/mol. The molecule has 2 rings (SSSR count). The number of halogens is 2. The van der Waals surface area contributed by atoms with Crippen molar-refractivity contribution in [3.63, 3.8) is 0 Å². The van der Waals surface area contributed by atoms with Crippen molar-refractivity contribution in [2.45, 2.75) is 11.8 Å². The summed E-state index contributed by atoms with van der Waals surface area (Å²) < 4.78 is 6.55. The van der Waals surface area contributed by atoms with Gasteiger partial charge in [0.05, 0.1) is 11.9 Å². The molecule has 1 unspecified atom stereocenters. The standard InChI is InChI=1S/C13H12Br2OS/c1-8-10(14)7-12(17-8)13(15)9-5-3-4-6-11(9)16-2/h3-7,13H,1-2H3. The van der Waals surface area contributed by atoms with E-state index in [2.05, 4.69) is 50.9 Å². The monoisotopic (exact) mass is 374 g/mol. The van der Waals surface area contributed by atoms with Gasteiger partial charge in [-0.1, -0.05) is 34.1 Å². The van der Waals surface area contributed by atoms with Crippen LogP contribution in [0.3, 0.4) is 0 Å². The molecule has 0 fully saturated rings. The minimum atomic E-state index is 0.175. The maximum atomic E-state index is 5.39. The number of alkyl halides is 1. The predicted octanol–water partition coefficient (Wildman–Crippen LogP) is 5.31. The Hall–Kier alpha value is -0.320. The molecule has 0 amide bonds. The zero-order valence-electron chi connectivity index (χ0n) is 9.54. The summed E-state index contributed by atoms with van der Waals surface area (Å²) in [6.07, 6.45) is 0. The summed E-state index contributed by atoms with van der Waals surface area (Å²) in [5.74, 6) is 0.913. The first-order chi connectivity index (χ1) is 8.13. The van der Waals surface area contributed by atoms with Gasteiger partial charge in [0.15, 0.2) is 0 Å². The van der Waals surface area contributed by atoms with Gasteiger partial charge in [0.1, 0.15) is 5.75 Å². The summed E-state index contributed by atoms with van der Waals surface area (Å²) in [4.78, 5) is 2.74. The molecule has 90 valence electrons. The summed E-state index contributed by atoms with van der Waals surface area (Å²) in [5.41, 5.74) is 1.16. The van der Waals surface area contributed by atoms with Crippen molar-refractivity contribution in [1.82, 2.24) is 0 Å². The van der Waals surface area contributed by atoms with Crippen molar-refractivity contribution in [1.29, 1.82) is 0 Å². The lowest BCUT2D eigenvalue weighted by molar-refractivity contribution is 0.410. The Labute approximate surface area is 122 Å². The van der Waals surface area contributed by atoms with E-state index in [1.807, 2.05) is 18.2 Å². The van der Waals surface area contributed by atoms with Crippen LogP contribution in [0.4, 0.5) is 0 Å². The lowest BCUT2D eigenvalue weighted by atomic mass is 10.1. The van der Waals surface area contributed by atoms with Gasteiger partial charge in [-0.05, 0) is 35.0 Å². The van der Waals surface area contributed by atoms with E-state index in [0.29, 0.717) is 0 Å². The molecule has 0 aliphatic rings. The molecule has 0 aliphatic carbocycles. The van der Waals surface area contributed by atoms with Crippen LogP contribution in [-0.2, 0) is 0 Å². The van der Waals surface area contributed by atoms with Crippen LogP contribution in [-0.4, -0.2) is 7.11 Å². The molecule has 17 heavy (non-hydrogen) atoms. The Balaban J connectivity index is 2.39. The third-order valence-corrected chi connectivity index (χ3v) is 6.03. The molecule has 0 bridgehead atoms. The average molecular weight is 376 g/mol. The van der Waals surface area contributed by atoms with E-state index in [-0.39, 0.29) is 4.83 Å². The van der Waals surface area contributed by atoms with E-state index in [9.17, 15) is 0 Å². The summed E-state index contributed by atoms with van der Waals surface area (Å²) in [5, 5.41) is 0. The molecular formula is C13H12Br2OS. The molecule has 1 nitrogen and oxygen atoms in total. The number of hydrogen-bond donors (Lipinski definition) is 0. The van der Waals surface area contributed by atoms with E-state index in [1.54, 1.807) is 18.4 Å². The summed E-state index contributed by atoms with van der Waals surface area (Å²) in [6.45, 7) is 2.11. The van der Waals surface area contributed by atoms with Crippen molar-refractivity contribution < 1.29 is 4.74 Å². The van der Waals surface area contributed by atoms with Crippen LogP contribution in [0.5, 0.6) is 5.75 Å². The maximum Gasteiger partial charge on any atom is 0.123 e. The van der Waals surface area contributed by atoms with Gasteiger partial charge >= 0.3 is 0 Å².